The van der Waals surface area contributed by atoms with Gasteiger partial charge in [0.15, 0.2) is 16.3 Å². The molecule has 34 heavy (non-hydrogen) atoms. The number of aromatic amines is 1. The SMILES string of the molecule is CCCOc1ccc(NC(=O)CCCCCn2c(=S)[nH]c3ccccc3c2=O)cc1OCCC. The van der Waals surface area contributed by atoms with E-state index in [9.17, 15) is 9.59 Å². The van der Waals surface area contributed by atoms with E-state index >= 15 is 0 Å². The molecular weight excluding hydrogens is 450 g/mol. The van der Waals surface area contributed by atoms with Crippen molar-refractivity contribution in [1.82, 2.24) is 9.55 Å². The monoisotopic (exact) mass is 483 g/mol. The Hall–Kier alpha value is -3.13. The van der Waals surface area contributed by atoms with E-state index in [0.717, 1.165) is 37.6 Å². The summed E-state index contributed by atoms with van der Waals surface area (Å²) >= 11 is 5.35. The average molecular weight is 484 g/mol. The Morgan fingerprint density at radius 1 is 1.00 bits per heavy atom. The zero-order valence-corrected chi connectivity index (χ0v) is 20.7. The second kappa shape index (κ2) is 12.9. The molecule has 1 heterocycles. The van der Waals surface area contributed by atoms with Gasteiger partial charge in [0.25, 0.3) is 5.56 Å². The van der Waals surface area contributed by atoms with Gasteiger partial charge in [0, 0.05) is 24.7 Å². The first-order valence-corrected chi connectivity index (χ1v) is 12.4. The summed E-state index contributed by atoms with van der Waals surface area (Å²) in [5, 5.41) is 3.57. The Kier molecular flexibility index (Phi) is 9.70. The number of ether oxygens (including phenoxy) is 2. The van der Waals surface area contributed by atoms with Gasteiger partial charge in [0.2, 0.25) is 5.91 Å². The number of para-hydroxylation sites is 1. The maximum absolute atomic E-state index is 12.7. The fourth-order valence-corrected chi connectivity index (χ4v) is 3.88. The largest absolute Gasteiger partial charge is 0.490 e. The number of H-pyrrole nitrogens is 1. The lowest BCUT2D eigenvalue weighted by molar-refractivity contribution is -0.116. The summed E-state index contributed by atoms with van der Waals surface area (Å²) in [6.07, 6.45) is 4.51. The van der Waals surface area contributed by atoms with Crippen LogP contribution in [0.3, 0.4) is 0 Å². The van der Waals surface area contributed by atoms with E-state index in [2.05, 4.69) is 17.2 Å². The van der Waals surface area contributed by atoms with Crippen molar-refractivity contribution in [2.45, 2.75) is 58.9 Å². The van der Waals surface area contributed by atoms with Crippen LogP contribution in [0.4, 0.5) is 5.69 Å². The van der Waals surface area contributed by atoms with Crippen molar-refractivity contribution in [3.05, 3.63) is 57.6 Å². The van der Waals surface area contributed by atoms with Crippen LogP contribution in [0.25, 0.3) is 10.9 Å². The van der Waals surface area contributed by atoms with Crippen molar-refractivity contribution in [3.8, 4) is 11.5 Å². The normalized spacial score (nSPS) is 10.9. The van der Waals surface area contributed by atoms with Gasteiger partial charge < -0.3 is 19.8 Å². The Balaban J connectivity index is 1.49. The quantitative estimate of drug-likeness (QED) is 0.236. The van der Waals surface area contributed by atoms with E-state index < -0.39 is 0 Å². The van der Waals surface area contributed by atoms with Crippen LogP contribution < -0.4 is 20.3 Å². The van der Waals surface area contributed by atoms with Crippen LogP contribution in [-0.2, 0) is 11.3 Å². The lowest BCUT2D eigenvalue weighted by Gasteiger charge is -2.14. The van der Waals surface area contributed by atoms with Crippen molar-refractivity contribution in [2.24, 2.45) is 0 Å². The van der Waals surface area contributed by atoms with Crippen molar-refractivity contribution in [2.75, 3.05) is 18.5 Å². The van der Waals surface area contributed by atoms with Crippen LogP contribution in [0.2, 0.25) is 0 Å². The molecule has 182 valence electrons. The number of fused-ring (bicyclic) bond motifs is 1. The van der Waals surface area contributed by atoms with Gasteiger partial charge in [0.1, 0.15) is 0 Å². The molecule has 0 aliphatic rings. The van der Waals surface area contributed by atoms with Crippen LogP contribution in [0, 0.1) is 4.77 Å². The molecular formula is C26H33N3O4S. The van der Waals surface area contributed by atoms with Gasteiger partial charge in [-0.1, -0.05) is 32.4 Å². The summed E-state index contributed by atoms with van der Waals surface area (Å²) in [5.41, 5.74) is 1.36. The molecule has 2 N–H and O–H groups in total. The predicted octanol–water partition coefficient (Wildman–Crippen LogP) is 5.84. The van der Waals surface area contributed by atoms with Gasteiger partial charge in [-0.05, 0) is 62.2 Å². The molecule has 8 heteroatoms. The highest BCUT2D eigenvalue weighted by Crippen LogP contribution is 2.31. The summed E-state index contributed by atoms with van der Waals surface area (Å²) in [5.74, 6) is 1.28. The summed E-state index contributed by atoms with van der Waals surface area (Å²) in [7, 11) is 0. The molecule has 0 aliphatic carbocycles. The van der Waals surface area contributed by atoms with E-state index in [4.69, 9.17) is 21.7 Å². The maximum Gasteiger partial charge on any atom is 0.262 e. The molecule has 3 aromatic rings. The van der Waals surface area contributed by atoms with Gasteiger partial charge in [-0.25, -0.2) is 0 Å². The van der Waals surface area contributed by atoms with Crippen molar-refractivity contribution < 1.29 is 14.3 Å². The van der Waals surface area contributed by atoms with E-state index in [1.54, 1.807) is 10.6 Å². The molecule has 2 aromatic carbocycles. The highest BCUT2D eigenvalue weighted by Gasteiger charge is 2.10. The molecule has 0 bridgehead atoms. The number of hydrogen-bond donors (Lipinski definition) is 2. The van der Waals surface area contributed by atoms with E-state index in [1.807, 2.05) is 43.3 Å². The molecule has 0 saturated carbocycles. The minimum Gasteiger partial charge on any atom is -0.490 e. The standard InChI is InChI=1S/C26H33N3O4S/c1-3-16-32-22-14-13-19(18-23(22)33-17-4-2)27-24(30)12-6-5-9-15-29-25(31)20-10-7-8-11-21(20)28-26(29)34/h7-8,10-11,13-14,18H,3-6,9,12,15-17H2,1-2H3,(H,27,30)(H,28,34). The molecule has 7 nitrogen and oxygen atoms in total. The Bertz CT molecular complexity index is 1220. The molecule has 0 aliphatic heterocycles. The molecule has 0 unspecified atom stereocenters. The van der Waals surface area contributed by atoms with Crippen molar-refractivity contribution in [3.63, 3.8) is 0 Å². The fraction of sp³-hybridized carbons (Fsp3) is 0.423. The minimum atomic E-state index is -0.0791. The lowest BCUT2D eigenvalue weighted by Crippen LogP contribution is -2.22. The zero-order valence-electron chi connectivity index (χ0n) is 19.9. The summed E-state index contributed by atoms with van der Waals surface area (Å²) in [6.45, 7) is 5.82. The number of nitrogens with one attached hydrogen (secondary N) is 2. The van der Waals surface area contributed by atoms with E-state index in [0.29, 0.717) is 53.5 Å². The van der Waals surface area contributed by atoms with Gasteiger partial charge in [-0.15, -0.1) is 0 Å². The van der Waals surface area contributed by atoms with Crippen LogP contribution in [0.15, 0.2) is 47.3 Å². The highest BCUT2D eigenvalue weighted by molar-refractivity contribution is 7.71. The number of carbonyl (C=O) groups excluding carboxylic acids is 1. The number of unbranched alkanes of at least 4 members (excludes halogenated alkanes) is 2. The average Bonchev–Trinajstić information content (AvgIpc) is 2.83. The number of hydrogen-bond acceptors (Lipinski definition) is 5. The third-order valence-corrected chi connectivity index (χ3v) is 5.65. The number of anilines is 1. The second-order valence-electron chi connectivity index (χ2n) is 8.15. The summed E-state index contributed by atoms with van der Waals surface area (Å²) in [4.78, 5) is 28.2. The topological polar surface area (TPSA) is 85.4 Å². The van der Waals surface area contributed by atoms with Gasteiger partial charge in [-0.3, -0.25) is 14.2 Å². The molecule has 0 fully saturated rings. The third-order valence-electron chi connectivity index (χ3n) is 5.33. The molecule has 0 atom stereocenters. The maximum atomic E-state index is 12.7. The van der Waals surface area contributed by atoms with Gasteiger partial charge in [0.05, 0.1) is 24.1 Å². The number of amides is 1. The van der Waals surface area contributed by atoms with Crippen LogP contribution in [-0.4, -0.2) is 28.7 Å². The molecule has 0 saturated heterocycles. The number of carbonyl (C=O) groups is 1. The van der Waals surface area contributed by atoms with Crippen molar-refractivity contribution in [1.29, 1.82) is 0 Å². The van der Waals surface area contributed by atoms with Crippen molar-refractivity contribution >= 4 is 34.7 Å². The number of rotatable bonds is 13. The second-order valence-corrected chi connectivity index (χ2v) is 8.54. The lowest BCUT2D eigenvalue weighted by atomic mass is 10.1. The van der Waals surface area contributed by atoms with Gasteiger partial charge in [-0.2, -0.15) is 0 Å². The summed E-state index contributed by atoms with van der Waals surface area (Å²) in [6, 6.07) is 12.8. The van der Waals surface area contributed by atoms with E-state index in [-0.39, 0.29) is 11.5 Å². The Morgan fingerprint density at radius 3 is 2.50 bits per heavy atom. The Morgan fingerprint density at radius 2 is 1.74 bits per heavy atom. The van der Waals surface area contributed by atoms with Crippen LogP contribution in [0.5, 0.6) is 11.5 Å². The first-order chi connectivity index (χ1) is 16.5. The zero-order chi connectivity index (χ0) is 24.3. The minimum absolute atomic E-state index is 0.0520. The molecule has 1 amide bonds. The smallest absolute Gasteiger partial charge is 0.262 e. The highest BCUT2D eigenvalue weighted by atomic mass is 32.1. The molecule has 3 rings (SSSR count). The fourth-order valence-electron chi connectivity index (χ4n) is 3.60. The first-order valence-electron chi connectivity index (χ1n) is 11.9. The molecule has 0 spiro atoms. The van der Waals surface area contributed by atoms with Crippen LogP contribution >= 0.6 is 12.2 Å². The predicted molar refractivity (Wildman–Crippen MR) is 139 cm³/mol. The Labute approximate surface area is 205 Å². The number of nitrogens with zero attached hydrogens (tertiary/aromatic N) is 1. The third kappa shape index (κ3) is 6.93. The molecule has 0 radical (unpaired) electrons. The summed E-state index contributed by atoms with van der Waals surface area (Å²) < 4.78 is 13.6. The number of aromatic nitrogens is 2. The first kappa shape index (κ1) is 25.5. The number of benzene rings is 2. The van der Waals surface area contributed by atoms with Crippen LogP contribution in [0.1, 0.15) is 52.4 Å². The molecule has 1 aromatic heterocycles. The van der Waals surface area contributed by atoms with E-state index in [1.165, 1.54) is 0 Å². The van der Waals surface area contributed by atoms with Gasteiger partial charge >= 0.3 is 0 Å².